The fourth-order valence-electron chi connectivity index (χ4n) is 4.45. The zero-order valence-corrected chi connectivity index (χ0v) is 27.4. The molecule has 4 rings (SSSR count). The molecule has 2 atom stereocenters. The van der Waals surface area contributed by atoms with Gasteiger partial charge in [-0.05, 0) is 95.6 Å². The number of urea groups is 1. The van der Waals surface area contributed by atoms with Crippen molar-refractivity contribution in [1.82, 2.24) is 16.1 Å². The van der Waals surface area contributed by atoms with Crippen LogP contribution >= 0.6 is 22.6 Å². The molecule has 0 spiro atoms. The third-order valence-electron chi connectivity index (χ3n) is 6.60. The predicted octanol–water partition coefficient (Wildman–Crippen LogP) is 4.40. The molecule has 12 nitrogen and oxygen atoms in total. The van der Waals surface area contributed by atoms with E-state index in [1.54, 1.807) is 44.4 Å². The lowest BCUT2D eigenvalue weighted by Gasteiger charge is -2.28. The van der Waals surface area contributed by atoms with Crippen LogP contribution in [0.2, 0.25) is 0 Å². The van der Waals surface area contributed by atoms with E-state index in [1.807, 2.05) is 37.3 Å². The Labute approximate surface area is 274 Å². The van der Waals surface area contributed by atoms with E-state index in [2.05, 4.69) is 43.8 Å². The van der Waals surface area contributed by atoms with Gasteiger partial charge in [0.25, 0.3) is 0 Å². The molecule has 0 radical (unpaired) electrons. The smallest absolute Gasteiger partial charge is 0.337 e. The molecular formula is C32H35IN4O8. The average molecular weight is 731 g/mol. The molecule has 1 heterocycles. The molecule has 238 valence electrons. The van der Waals surface area contributed by atoms with Crippen molar-refractivity contribution < 1.29 is 38.4 Å². The summed E-state index contributed by atoms with van der Waals surface area (Å²) < 4.78 is 29.0. The third kappa shape index (κ3) is 9.01. The summed E-state index contributed by atoms with van der Waals surface area (Å²) in [5.74, 6) is 1.31. The Balaban J connectivity index is 1.36. The minimum absolute atomic E-state index is 0.151. The maximum atomic E-state index is 12.4. The number of hydrogen-bond acceptors (Lipinski definition) is 10. The SMILES string of the molecule is CCOc1cc([C@H]2NC(=O)NC(C)=C2C(=O)OC)ccc1OC[C@H](O)N/N=C\c1ccc(OCc2ccc(I)cc2)c(OC)c1. The maximum absolute atomic E-state index is 12.4. The summed E-state index contributed by atoms with van der Waals surface area (Å²) in [6.07, 6.45) is 0.394. The van der Waals surface area contributed by atoms with Crippen LogP contribution in [-0.4, -0.2) is 57.0 Å². The monoisotopic (exact) mass is 730 g/mol. The van der Waals surface area contributed by atoms with Gasteiger partial charge in [-0.15, -0.1) is 0 Å². The Bertz CT molecular complexity index is 1560. The molecule has 1 aliphatic rings. The molecule has 0 aliphatic carbocycles. The Kier molecular flexibility index (Phi) is 11.9. The first kappa shape index (κ1) is 33.4. The lowest BCUT2D eigenvalue weighted by atomic mass is 9.95. The second-order valence-electron chi connectivity index (χ2n) is 9.74. The number of amides is 2. The van der Waals surface area contributed by atoms with Crippen molar-refractivity contribution in [3.05, 3.63) is 92.2 Å². The Morgan fingerprint density at radius 1 is 1.02 bits per heavy atom. The predicted molar refractivity (Wildman–Crippen MR) is 175 cm³/mol. The maximum Gasteiger partial charge on any atom is 0.337 e. The number of methoxy groups -OCH3 is 2. The summed E-state index contributed by atoms with van der Waals surface area (Å²) in [5.41, 5.74) is 5.65. The number of nitrogens with zero attached hydrogens (tertiary/aromatic N) is 1. The van der Waals surface area contributed by atoms with E-state index in [9.17, 15) is 14.7 Å². The minimum Gasteiger partial charge on any atom is -0.493 e. The number of allylic oxidation sites excluding steroid dienone is 1. The van der Waals surface area contributed by atoms with E-state index >= 15 is 0 Å². The molecule has 0 bridgehead atoms. The number of carbonyl (C=O) groups excluding carboxylic acids is 2. The van der Waals surface area contributed by atoms with Gasteiger partial charge >= 0.3 is 12.0 Å². The molecule has 4 N–H and O–H groups in total. The number of carbonyl (C=O) groups is 2. The van der Waals surface area contributed by atoms with Crippen molar-refractivity contribution >= 4 is 40.8 Å². The van der Waals surface area contributed by atoms with Gasteiger partial charge in [0, 0.05) is 9.27 Å². The summed E-state index contributed by atoms with van der Waals surface area (Å²) >= 11 is 2.26. The molecule has 2 amide bonds. The second-order valence-corrected chi connectivity index (χ2v) is 11.0. The van der Waals surface area contributed by atoms with Crippen LogP contribution in [0.1, 0.15) is 36.6 Å². The number of hydrogen-bond donors (Lipinski definition) is 4. The highest BCUT2D eigenvalue weighted by molar-refractivity contribution is 14.1. The standard InChI is InChI=1S/C32H35IN4O8/c1-5-43-27-15-22(30-29(31(39)42-4)19(2)35-32(40)36-30)9-13-25(27)45-18-28(38)37-34-16-21-8-12-24(26(14-21)41-3)44-17-20-6-10-23(33)11-7-20/h6-16,28,30,37-38H,5,17-18H2,1-4H3,(H2,35,36,40)/b34-16-/t28-,30+/m0/s1. The largest absolute Gasteiger partial charge is 0.493 e. The first-order chi connectivity index (χ1) is 21.7. The van der Waals surface area contributed by atoms with Gasteiger partial charge in [0.05, 0.1) is 38.7 Å². The first-order valence-corrected chi connectivity index (χ1v) is 15.1. The van der Waals surface area contributed by atoms with Crippen LogP contribution in [-0.2, 0) is 16.1 Å². The van der Waals surface area contributed by atoms with Crippen LogP contribution < -0.4 is 35.0 Å². The summed E-state index contributed by atoms with van der Waals surface area (Å²) in [6, 6.07) is 17.3. The summed E-state index contributed by atoms with van der Waals surface area (Å²) in [4.78, 5) is 24.6. The Morgan fingerprint density at radius 3 is 2.47 bits per heavy atom. The van der Waals surface area contributed by atoms with Gasteiger partial charge in [0.1, 0.15) is 13.2 Å². The van der Waals surface area contributed by atoms with Gasteiger partial charge < -0.3 is 39.4 Å². The van der Waals surface area contributed by atoms with Gasteiger partial charge in [-0.3, -0.25) is 5.43 Å². The molecule has 0 aromatic heterocycles. The van der Waals surface area contributed by atoms with E-state index < -0.39 is 24.3 Å². The molecule has 45 heavy (non-hydrogen) atoms. The Hall–Kier alpha value is -4.50. The van der Waals surface area contributed by atoms with Gasteiger partial charge in [0.15, 0.2) is 29.2 Å². The lowest BCUT2D eigenvalue weighted by Crippen LogP contribution is -2.45. The summed E-state index contributed by atoms with van der Waals surface area (Å²) in [5, 5.41) is 19.9. The quantitative estimate of drug-likeness (QED) is 0.0623. The van der Waals surface area contributed by atoms with Gasteiger partial charge in [-0.1, -0.05) is 18.2 Å². The second kappa shape index (κ2) is 16.0. The normalized spacial score (nSPS) is 15.2. The van der Waals surface area contributed by atoms with Crippen molar-refractivity contribution in [3.8, 4) is 23.0 Å². The number of hydrazone groups is 1. The number of benzene rings is 3. The molecule has 3 aromatic rings. The van der Waals surface area contributed by atoms with Gasteiger partial charge in [-0.2, -0.15) is 5.10 Å². The molecule has 0 saturated carbocycles. The lowest BCUT2D eigenvalue weighted by molar-refractivity contribution is -0.136. The fraction of sp³-hybridized carbons (Fsp3) is 0.281. The number of aliphatic hydroxyl groups excluding tert-OH is 1. The molecule has 13 heteroatoms. The number of aliphatic hydroxyl groups is 1. The summed E-state index contributed by atoms with van der Waals surface area (Å²) in [6.45, 7) is 4.03. The van der Waals surface area contributed by atoms with Crippen LogP contribution in [0.25, 0.3) is 0 Å². The minimum atomic E-state index is -1.14. The van der Waals surface area contributed by atoms with E-state index in [0.717, 1.165) is 14.7 Å². The van der Waals surface area contributed by atoms with E-state index in [-0.39, 0.29) is 12.2 Å². The number of rotatable bonds is 14. The van der Waals surface area contributed by atoms with Crippen molar-refractivity contribution in [2.24, 2.45) is 5.10 Å². The van der Waals surface area contributed by atoms with Gasteiger partial charge in [0.2, 0.25) is 0 Å². The number of ether oxygens (including phenoxy) is 5. The third-order valence-corrected chi connectivity index (χ3v) is 7.32. The zero-order chi connectivity index (χ0) is 32.3. The molecule has 3 aromatic carbocycles. The first-order valence-electron chi connectivity index (χ1n) is 14.0. The van der Waals surface area contributed by atoms with Crippen LogP contribution in [0.15, 0.2) is 77.0 Å². The number of halogens is 1. The molecule has 0 saturated heterocycles. The van der Waals surface area contributed by atoms with E-state index in [4.69, 9.17) is 23.7 Å². The molecule has 1 aliphatic heterocycles. The van der Waals surface area contributed by atoms with Crippen LogP contribution in [0.3, 0.4) is 0 Å². The van der Waals surface area contributed by atoms with Crippen LogP contribution in [0, 0.1) is 3.57 Å². The highest BCUT2D eigenvalue weighted by atomic mass is 127. The summed E-state index contributed by atoms with van der Waals surface area (Å²) in [7, 11) is 2.84. The topological polar surface area (TPSA) is 149 Å². The zero-order valence-electron chi connectivity index (χ0n) is 25.3. The van der Waals surface area contributed by atoms with E-state index in [0.29, 0.717) is 47.5 Å². The van der Waals surface area contributed by atoms with Crippen molar-refractivity contribution in [2.45, 2.75) is 32.7 Å². The average Bonchev–Trinajstić information content (AvgIpc) is 3.03. The molecule has 0 fully saturated rings. The highest BCUT2D eigenvalue weighted by Gasteiger charge is 2.32. The number of esters is 1. The molecule has 0 unspecified atom stereocenters. The van der Waals surface area contributed by atoms with Crippen molar-refractivity contribution in [3.63, 3.8) is 0 Å². The highest BCUT2D eigenvalue weighted by Crippen LogP contribution is 2.35. The van der Waals surface area contributed by atoms with Crippen LogP contribution in [0.5, 0.6) is 23.0 Å². The van der Waals surface area contributed by atoms with Gasteiger partial charge in [-0.25, -0.2) is 9.59 Å². The van der Waals surface area contributed by atoms with Crippen molar-refractivity contribution in [2.75, 3.05) is 27.4 Å². The fourth-order valence-corrected chi connectivity index (χ4v) is 4.80. The van der Waals surface area contributed by atoms with Crippen molar-refractivity contribution in [1.29, 1.82) is 0 Å². The van der Waals surface area contributed by atoms with E-state index in [1.165, 1.54) is 13.3 Å². The Morgan fingerprint density at radius 2 is 1.76 bits per heavy atom. The van der Waals surface area contributed by atoms with Crippen LogP contribution in [0.4, 0.5) is 4.79 Å². The number of nitrogens with one attached hydrogen (secondary N) is 3. The molecular weight excluding hydrogens is 695 g/mol.